The molecular weight excluding hydrogens is 738 g/mol. The Morgan fingerprint density at radius 2 is 1.21 bits per heavy atom. The van der Waals surface area contributed by atoms with Crippen molar-refractivity contribution in [3.05, 3.63) is 0 Å². The van der Waals surface area contributed by atoms with Crippen molar-refractivity contribution in [3.63, 3.8) is 0 Å². The zero-order valence-corrected chi connectivity index (χ0v) is 31.1. The Kier molecular flexibility index (Phi) is 15.9. The standard InChI is InChI=1S/C30H55N3O19S/c1-29(2,3)17-13(8-45-10-15(35)36)48-26(18(31)21(17)39)50-24-12(7-34)47-28(20(23(24)41)33-53(42,43)44)51-25-14(9-46-11-16(37)38)49-27(19(32)22(25)40)52-30(4,5)6/h12-14,17-28,33-34,39-41H,7-11,31-32H2,1-6H3,(H,35,36)(H,37,38)(H,42,43,44). The molecule has 3 saturated heterocycles. The van der Waals surface area contributed by atoms with E-state index in [-0.39, 0.29) is 6.61 Å². The molecule has 15 unspecified atom stereocenters. The Labute approximate surface area is 306 Å². The number of carbonyl (C=O) groups is 2. The third kappa shape index (κ3) is 12.6. The Balaban J connectivity index is 1.92. The van der Waals surface area contributed by atoms with Crippen molar-refractivity contribution in [2.24, 2.45) is 22.8 Å². The number of aliphatic hydroxyl groups is 4. The molecule has 0 aromatic rings. The van der Waals surface area contributed by atoms with Crippen LogP contribution in [-0.4, -0.2) is 180 Å². The molecule has 3 aliphatic rings. The molecule has 0 amide bonds. The Bertz CT molecular complexity index is 1310. The minimum atomic E-state index is -5.15. The van der Waals surface area contributed by atoms with Crippen molar-refractivity contribution >= 4 is 22.2 Å². The van der Waals surface area contributed by atoms with Crippen molar-refractivity contribution in [3.8, 4) is 0 Å². The smallest absolute Gasteiger partial charge is 0.333 e. The number of hydrogen-bond acceptors (Lipinski definition) is 18. The summed E-state index contributed by atoms with van der Waals surface area (Å²) in [5.41, 5.74) is 11.1. The summed E-state index contributed by atoms with van der Waals surface area (Å²) in [6, 6.07) is -4.57. The van der Waals surface area contributed by atoms with Gasteiger partial charge in [-0.3, -0.25) is 4.55 Å². The molecule has 310 valence electrons. The highest BCUT2D eigenvalue weighted by molar-refractivity contribution is 7.83. The summed E-state index contributed by atoms with van der Waals surface area (Å²) in [6.07, 6.45) is -17.0. The lowest BCUT2D eigenvalue weighted by molar-refractivity contribution is -0.355. The molecule has 3 heterocycles. The van der Waals surface area contributed by atoms with Crippen molar-refractivity contribution in [2.45, 2.75) is 133 Å². The number of ether oxygens (including phenoxy) is 8. The highest BCUT2D eigenvalue weighted by Crippen LogP contribution is 2.40. The molecule has 3 fully saturated rings. The monoisotopic (exact) mass is 793 g/mol. The van der Waals surface area contributed by atoms with Crippen LogP contribution in [0.1, 0.15) is 41.5 Å². The summed E-state index contributed by atoms with van der Waals surface area (Å²) in [4.78, 5) is 22.2. The van der Waals surface area contributed by atoms with E-state index in [1.165, 1.54) is 0 Å². The molecule has 23 heteroatoms. The van der Waals surface area contributed by atoms with Crippen LogP contribution >= 0.6 is 0 Å². The number of carboxylic acids is 2. The molecule has 3 aliphatic heterocycles. The Morgan fingerprint density at radius 3 is 1.70 bits per heavy atom. The molecular formula is C30H55N3O19S. The largest absolute Gasteiger partial charge is 0.480 e. The maximum Gasteiger partial charge on any atom is 0.333 e. The number of aliphatic carboxylic acids is 2. The van der Waals surface area contributed by atoms with Gasteiger partial charge >= 0.3 is 22.2 Å². The van der Waals surface area contributed by atoms with E-state index >= 15 is 0 Å². The molecule has 12 N–H and O–H groups in total. The van der Waals surface area contributed by atoms with Gasteiger partial charge in [0.25, 0.3) is 0 Å². The van der Waals surface area contributed by atoms with E-state index in [1.807, 2.05) is 0 Å². The summed E-state index contributed by atoms with van der Waals surface area (Å²) in [7, 11) is -5.15. The molecule has 22 nitrogen and oxygen atoms in total. The molecule has 3 rings (SSSR count). The van der Waals surface area contributed by atoms with E-state index in [9.17, 15) is 43.0 Å². The summed E-state index contributed by atoms with van der Waals surface area (Å²) in [5, 5.41) is 62.6. The van der Waals surface area contributed by atoms with Gasteiger partial charge in [0.1, 0.15) is 55.9 Å². The lowest BCUT2D eigenvalue weighted by Gasteiger charge is -2.51. The van der Waals surface area contributed by atoms with Gasteiger partial charge in [0.2, 0.25) is 0 Å². The molecule has 53 heavy (non-hydrogen) atoms. The summed E-state index contributed by atoms with van der Waals surface area (Å²) in [5.74, 6) is -3.30. The Morgan fingerprint density at radius 1 is 0.736 bits per heavy atom. The maximum absolute atomic E-state index is 12.1. The number of rotatable bonds is 16. The van der Waals surface area contributed by atoms with Crippen molar-refractivity contribution < 1.29 is 91.1 Å². The predicted molar refractivity (Wildman–Crippen MR) is 176 cm³/mol. The van der Waals surface area contributed by atoms with Crippen LogP contribution in [0.5, 0.6) is 0 Å². The van der Waals surface area contributed by atoms with E-state index in [4.69, 9.17) is 59.6 Å². The van der Waals surface area contributed by atoms with Crippen LogP contribution in [0, 0.1) is 11.3 Å². The quantitative estimate of drug-likeness (QED) is 0.0668. The molecule has 0 aromatic carbocycles. The van der Waals surface area contributed by atoms with Crippen LogP contribution in [0.2, 0.25) is 0 Å². The number of hydrogen-bond donors (Lipinski definition) is 10. The first-order chi connectivity index (χ1) is 24.3. The second kappa shape index (κ2) is 18.5. The van der Waals surface area contributed by atoms with Crippen molar-refractivity contribution in [1.82, 2.24) is 4.72 Å². The first-order valence-corrected chi connectivity index (χ1v) is 18.2. The van der Waals surface area contributed by atoms with Crippen LogP contribution in [0.3, 0.4) is 0 Å². The minimum Gasteiger partial charge on any atom is -0.480 e. The van der Waals surface area contributed by atoms with Crippen LogP contribution in [-0.2, 0) is 57.8 Å². The lowest BCUT2D eigenvalue weighted by Crippen LogP contribution is -2.70. The fraction of sp³-hybridized carbons (Fsp3) is 0.933. The van der Waals surface area contributed by atoms with Crippen LogP contribution in [0.4, 0.5) is 0 Å². The fourth-order valence-corrected chi connectivity index (χ4v) is 7.08. The average Bonchev–Trinajstić information content (AvgIpc) is 3.00. The third-order valence-electron chi connectivity index (χ3n) is 8.71. The summed E-state index contributed by atoms with van der Waals surface area (Å²) >= 11 is 0. The van der Waals surface area contributed by atoms with Gasteiger partial charge in [0, 0.05) is 5.92 Å². The molecule has 0 saturated carbocycles. The van der Waals surface area contributed by atoms with Crippen molar-refractivity contribution in [1.29, 1.82) is 0 Å². The van der Waals surface area contributed by atoms with Crippen molar-refractivity contribution in [2.75, 3.05) is 33.0 Å². The molecule has 0 radical (unpaired) electrons. The van der Waals surface area contributed by atoms with Gasteiger partial charge in [-0.25, -0.2) is 9.59 Å². The van der Waals surface area contributed by atoms with E-state index in [1.54, 1.807) is 46.3 Å². The van der Waals surface area contributed by atoms with E-state index < -0.39 is 151 Å². The van der Waals surface area contributed by atoms with Crippen LogP contribution in [0.15, 0.2) is 0 Å². The fourth-order valence-electron chi connectivity index (χ4n) is 6.48. The Hall–Kier alpha value is -1.75. The van der Waals surface area contributed by atoms with Gasteiger partial charge in [-0.15, -0.1) is 0 Å². The first kappa shape index (κ1) is 45.6. The summed E-state index contributed by atoms with van der Waals surface area (Å²) < 4.78 is 81.7. The van der Waals surface area contributed by atoms with Gasteiger partial charge in [0.15, 0.2) is 18.9 Å². The normalized spacial score (nSPS) is 38.8. The maximum atomic E-state index is 12.1. The second-order valence-electron chi connectivity index (χ2n) is 15.2. The molecule has 0 spiro atoms. The van der Waals surface area contributed by atoms with E-state index in [0.717, 1.165) is 0 Å². The highest BCUT2D eigenvalue weighted by Gasteiger charge is 2.55. The second-order valence-corrected chi connectivity index (χ2v) is 16.4. The van der Waals surface area contributed by atoms with Gasteiger partial charge in [0.05, 0.1) is 49.7 Å². The molecule has 0 bridgehead atoms. The number of nitrogens with one attached hydrogen (secondary N) is 1. The molecule has 0 aromatic heterocycles. The van der Waals surface area contributed by atoms with Crippen LogP contribution in [0.25, 0.3) is 0 Å². The highest BCUT2D eigenvalue weighted by atomic mass is 32.2. The van der Waals surface area contributed by atoms with E-state index in [0.29, 0.717) is 0 Å². The lowest BCUT2D eigenvalue weighted by atomic mass is 9.71. The van der Waals surface area contributed by atoms with Gasteiger partial charge in [-0.2, -0.15) is 13.1 Å². The zero-order chi connectivity index (χ0) is 40.2. The number of nitrogens with two attached hydrogens (primary N) is 2. The molecule has 15 atom stereocenters. The minimum absolute atomic E-state index is 0.319. The van der Waals surface area contributed by atoms with E-state index in [2.05, 4.69) is 0 Å². The zero-order valence-electron chi connectivity index (χ0n) is 30.3. The predicted octanol–water partition coefficient (Wildman–Crippen LogP) is -3.90. The number of aliphatic hydroxyl groups excluding tert-OH is 4. The topological polar surface area (TPSA) is 348 Å². The molecule has 0 aliphatic carbocycles. The first-order valence-electron chi connectivity index (χ1n) is 16.8. The van der Waals surface area contributed by atoms with Gasteiger partial charge in [-0.1, -0.05) is 20.8 Å². The SMILES string of the molecule is CC(C)(C)OC1OC(COCC(=O)O)C(OC2OC(CO)C(OC3OC(COCC(=O)O)C(C(C)(C)C)C(O)C3N)C(O)C2NS(=O)(=O)O)C(O)C1N. The third-order valence-corrected chi connectivity index (χ3v) is 9.28. The summed E-state index contributed by atoms with van der Waals surface area (Å²) in [6.45, 7) is 7.22. The van der Waals surface area contributed by atoms with Crippen LogP contribution < -0.4 is 16.2 Å². The average molecular weight is 794 g/mol. The van der Waals surface area contributed by atoms with Gasteiger partial charge < -0.3 is 80.0 Å². The van der Waals surface area contributed by atoms with Gasteiger partial charge in [-0.05, 0) is 26.2 Å². The number of carboxylic acid groups (broad SMARTS) is 2.